The van der Waals surface area contributed by atoms with Crippen LogP contribution in [0.4, 0.5) is 8.78 Å². The fraction of sp³-hybridized carbons (Fsp3) is 0.214. The second-order valence-electron chi connectivity index (χ2n) is 4.55. The van der Waals surface area contributed by atoms with Crippen molar-refractivity contribution in [3.05, 3.63) is 52.2 Å². The molecule has 0 spiro atoms. The number of esters is 1. The quantitative estimate of drug-likeness (QED) is 0.803. The second-order valence-corrected chi connectivity index (χ2v) is 7.24. The molecule has 0 aliphatic heterocycles. The largest absolute Gasteiger partial charge is 0.469 e. The average Bonchev–Trinajstić information content (AvgIpc) is 3.03. The number of halogens is 2. The third kappa shape index (κ3) is 4.34. The van der Waals surface area contributed by atoms with Gasteiger partial charge in [-0.1, -0.05) is 6.07 Å². The lowest BCUT2D eigenvalue weighted by molar-refractivity contribution is -0.141. The van der Waals surface area contributed by atoms with Crippen molar-refractivity contribution in [2.45, 2.75) is 17.4 Å². The first-order valence-electron chi connectivity index (χ1n) is 6.41. The first-order valence-corrected chi connectivity index (χ1v) is 8.77. The van der Waals surface area contributed by atoms with Crippen molar-refractivity contribution in [3.63, 3.8) is 0 Å². The van der Waals surface area contributed by atoms with E-state index in [-0.39, 0.29) is 6.42 Å². The van der Waals surface area contributed by atoms with E-state index in [4.69, 9.17) is 0 Å². The Bertz CT molecular complexity index is 791. The Morgan fingerprint density at radius 1 is 1.30 bits per heavy atom. The molecule has 0 radical (unpaired) electrons. The molecular weight excluding hydrogens is 348 g/mol. The predicted molar refractivity (Wildman–Crippen MR) is 80.4 cm³/mol. The third-order valence-corrected chi connectivity index (χ3v) is 5.44. The van der Waals surface area contributed by atoms with Gasteiger partial charge in [-0.2, -0.15) is 0 Å². The minimum atomic E-state index is -4.14. The molecule has 1 atom stereocenters. The van der Waals surface area contributed by atoms with Gasteiger partial charge < -0.3 is 4.74 Å². The molecule has 0 amide bonds. The zero-order valence-electron chi connectivity index (χ0n) is 12.0. The monoisotopic (exact) mass is 361 g/mol. The van der Waals surface area contributed by atoms with E-state index in [0.717, 1.165) is 12.1 Å². The Kier molecular flexibility index (Phi) is 5.45. The highest BCUT2D eigenvalue weighted by Crippen LogP contribution is 2.25. The minimum absolute atomic E-state index is 0.222. The summed E-state index contributed by atoms with van der Waals surface area (Å²) < 4.78 is 57.7. The van der Waals surface area contributed by atoms with Gasteiger partial charge in [-0.3, -0.25) is 4.79 Å². The molecule has 0 aliphatic rings. The molecule has 9 heteroatoms. The molecule has 1 heterocycles. The van der Waals surface area contributed by atoms with Crippen LogP contribution < -0.4 is 4.72 Å². The lowest BCUT2D eigenvalue weighted by Crippen LogP contribution is -2.30. The minimum Gasteiger partial charge on any atom is -0.469 e. The van der Waals surface area contributed by atoms with E-state index in [2.05, 4.69) is 9.46 Å². The number of hydrogen-bond acceptors (Lipinski definition) is 5. The number of nitrogens with one attached hydrogen (secondary N) is 1. The van der Waals surface area contributed by atoms with Crippen LogP contribution >= 0.6 is 11.3 Å². The summed E-state index contributed by atoms with van der Waals surface area (Å²) in [6, 6.07) is 4.76. The van der Waals surface area contributed by atoms with Crippen LogP contribution in [-0.2, 0) is 19.6 Å². The summed E-state index contributed by atoms with van der Waals surface area (Å²) in [6.45, 7) is 0. The van der Waals surface area contributed by atoms with Crippen molar-refractivity contribution in [2.24, 2.45) is 0 Å². The number of sulfonamides is 1. The van der Waals surface area contributed by atoms with Crippen LogP contribution in [0.5, 0.6) is 0 Å². The van der Waals surface area contributed by atoms with E-state index in [9.17, 15) is 22.0 Å². The van der Waals surface area contributed by atoms with Crippen LogP contribution in [0.2, 0.25) is 0 Å². The molecule has 23 heavy (non-hydrogen) atoms. The number of rotatable bonds is 6. The van der Waals surface area contributed by atoms with E-state index >= 15 is 0 Å². The summed E-state index contributed by atoms with van der Waals surface area (Å²) in [5, 5.41) is 1.73. The van der Waals surface area contributed by atoms with Crippen molar-refractivity contribution in [1.82, 2.24) is 4.72 Å². The zero-order chi connectivity index (χ0) is 17.0. The molecule has 2 aromatic rings. The zero-order valence-corrected chi connectivity index (χ0v) is 13.6. The van der Waals surface area contributed by atoms with E-state index < -0.39 is 38.6 Å². The van der Waals surface area contributed by atoms with Gasteiger partial charge in [-0.25, -0.2) is 21.9 Å². The van der Waals surface area contributed by atoms with E-state index in [1.54, 1.807) is 17.5 Å². The molecule has 0 fully saturated rings. The maximum Gasteiger partial charge on any atom is 0.307 e. The van der Waals surface area contributed by atoms with Crippen LogP contribution in [0.3, 0.4) is 0 Å². The number of methoxy groups -OCH3 is 1. The normalized spacial score (nSPS) is 12.8. The van der Waals surface area contributed by atoms with Crippen LogP contribution in [-0.4, -0.2) is 21.5 Å². The summed E-state index contributed by atoms with van der Waals surface area (Å²) in [7, 11) is -2.94. The van der Waals surface area contributed by atoms with Gasteiger partial charge >= 0.3 is 5.97 Å². The summed E-state index contributed by atoms with van der Waals surface area (Å²) in [5.74, 6) is -3.02. The van der Waals surface area contributed by atoms with Crippen molar-refractivity contribution in [3.8, 4) is 0 Å². The van der Waals surface area contributed by atoms with E-state index in [0.29, 0.717) is 10.9 Å². The Hall–Kier alpha value is -1.84. The molecule has 124 valence electrons. The number of carbonyl (C=O) groups excluding carboxylic acids is 1. The average molecular weight is 361 g/mol. The molecule has 2 rings (SSSR count). The topological polar surface area (TPSA) is 72.5 Å². The molecule has 1 N–H and O–H groups in total. The molecule has 5 nitrogen and oxygen atoms in total. The van der Waals surface area contributed by atoms with Gasteiger partial charge in [0.25, 0.3) is 0 Å². The first-order chi connectivity index (χ1) is 10.8. The summed E-state index contributed by atoms with van der Waals surface area (Å²) in [5.41, 5.74) is 0. The Morgan fingerprint density at radius 3 is 2.61 bits per heavy atom. The number of hydrogen-bond donors (Lipinski definition) is 1. The fourth-order valence-electron chi connectivity index (χ4n) is 1.84. The highest BCUT2D eigenvalue weighted by molar-refractivity contribution is 7.89. The van der Waals surface area contributed by atoms with Gasteiger partial charge in [0.05, 0.1) is 24.5 Å². The van der Waals surface area contributed by atoms with Gasteiger partial charge in [-0.05, 0) is 29.6 Å². The smallest absolute Gasteiger partial charge is 0.307 e. The lowest BCUT2D eigenvalue weighted by atomic mass is 10.2. The Balaban J connectivity index is 2.30. The predicted octanol–water partition coefficient (Wildman–Crippen LogP) is 2.61. The van der Waals surface area contributed by atoms with E-state index in [1.165, 1.54) is 18.4 Å². The number of carbonyl (C=O) groups is 1. The van der Waals surface area contributed by atoms with Gasteiger partial charge in [-0.15, -0.1) is 11.3 Å². The maximum absolute atomic E-state index is 13.2. The Morgan fingerprint density at radius 2 is 2.04 bits per heavy atom. The summed E-state index contributed by atoms with van der Waals surface area (Å²) >= 11 is 1.26. The molecule has 0 saturated carbocycles. The number of ether oxygens (including phenoxy) is 1. The summed E-state index contributed by atoms with van der Waals surface area (Å²) in [6.07, 6.45) is -0.222. The molecule has 1 aromatic carbocycles. The molecule has 0 bridgehead atoms. The maximum atomic E-state index is 13.2. The van der Waals surface area contributed by atoms with Crippen molar-refractivity contribution in [2.75, 3.05) is 7.11 Å². The second kappa shape index (κ2) is 7.16. The first kappa shape index (κ1) is 17.5. The number of benzene rings is 1. The van der Waals surface area contributed by atoms with Gasteiger partial charge in [0.15, 0.2) is 11.6 Å². The number of thiophene rings is 1. The molecule has 1 unspecified atom stereocenters. The van der Waals surface area contributed by atoms with Crippen LogP contribution in [0.25, 0.3) is 0 Å². The van der Waals surface area contributed by atoms with Crippen LogP contribution in [0, 0.1) is 11.6 Å². The lowest BCUT2D eigenvalue weighted by Gasteiger charge is -2.16. The van der Waals surface area contributed by atoms with Crippen LogP contribution in [0.15, 0.2) is 40.6 Å². The molecule has 1 aromatic heterocycles. The van der Waals surface area contributed by atoms with Gasteiger partial charge in [0.2, 0.25) is 10.0 Å². The molecule has 0 saturated heterocycles. The SMILES string of the molecule is COC(=O)CC(NS(=O)(=O)c1ccc(F)c(F)c1)c1cccs1. The highest BCUT2D eigenvalue weighted by atomic mass is 32.2. The van der Waals surface area contributed by atoms with Gasteiger partial charge in [0, 0.05) is 4.88 Å². The van der Waals surface area contributed by atoms with Crippen molar-refractivity contribution in [1.29, 1.82) is 0 Å². The summed E-state index contributed by atoms with van der Waals surface area (Å²) in [4.78, 5) is 11.6. The van der Waals surface area contributed by atoms with Crippen molar-refractivity contribution >= 4 is 27.3 Å². The van der Waals surface area contributed by atoms with Crippen molar-refractivity contribution < 1.29 is 26.7 Å². The fourth-order valence-corrected chi connectivity index (χ4v) is 3.92. The standard InChI is InChI=1S/C14H13F2NO4S2/c1-21-14(18)8-12(13-3-2-6-22-13)17-23(19,20)9-4-5-10(15)11(16)7-9/h2-7,12,17H,8H2,1H3. The highest BCUT2D eigenvalue weighted by Gasteiger charge is 2.25. The third-order valence-electron chi connectivity index (χ3n) is 2.98. The van der Waals surface area contributed by atoms with E-state index in [1.807, 2.05) is 0 Å². The Labute approximate surface area is 136 Å². The van der Waals surface area contributed by atoms with Crippen LogP contribution in [0.1, 0.15) is 17.3 Å². The van der Waals surface area contributed by atoms with Gasteiger partial charge in [0.1, 0.15) is 0 Å². The molecular formula is C14H13F2NO4S2. The molecule has 0 aliphatic carbocycles.